The first-order valence-corrected chi connectivity index (χ1v) is 7.88. The lowest BCUT2D eigenvalue weighted by atomic mass is 9.98. The van der Waals surface area contributed by atoms with Crippen molar-refractivity contribution in [1.82, 2.24) is 0 Å². The summed E-state index contributed by atoms with van der Waals surface area (Å²) in [5, 5.41) is 0. The van der Waals surface area contributed by atoms with Crippen molar-refractivity contribution in [2.45, 2.75) is 23.1 Å². The summed E-state index contributed by atoms with van der Waals surface area (Å²) in [5.41, 5.74) is 9.87. The van der Waals surface area contributed by atoms with Crippen LogP contribution in [0.15, 0.2) is 48.5 Å². The van der Waals surface area contributed by atoms with E-state index in [9.17, 15) is 4.39 Å². The maximum absolute atomic E-state index is 13.0. The first-order valence-electron chi connectivity index (χ1n) is 6.64. The van der Waals surface area contributed by atoms with Gasteiger partial charge in [-0.2, -0.15) is 0 Å². The molecule has 0 fully saturated rings. The van der Waals surface area contributed by atoms with E-state index in [1.807, 2.05) is 12.1 Å². The van der Waals surface area contributed by atoms with E-state index in [0.29, 0.717) is 0 Å². The zero-order valence-electron chi connectivity index (χ0n) is 11.0. The molecule has 20 heavy (non-hydrogen) atoms. The second-order valence-corrected chi connectivity index (χ2v) is 6.40. The van der Waals surface area contributed by atoms with Crippen LogP contribution in [0.25, 0.3) is 0 Å². The molecule has 4 heteroatoms. The zero-order chi connectivity index (χ0) is 14.1. The Hall–Kier alpha value is -1.14. The fourth-order valence-corrected chi connectivity index (χ4v) is 3.39. The van der Waals surface area contributed by atoms with Crippen LogP contribution in [-0.2, 0) is 13.0 Å². The van der Waals surface area contributed by atoms with E-state index >= 15 is 0 Å². The first-order chi connectivity index (χ1) is 9.65. The van der Waals surface area contributed by atoms with Crippen molar-refractivity contribution >= 4 is 28.3 Å². The van der Waals surface area contributed by atoms with Gasteiger partial charge in [-0.05, 0) is 35.7 Å². The van der Waals surface area contributed by atoms with Crippen LogP contribution in [0.4, 0.5) is 10.1 Å². The molecule has 2 unspecified atom stereocenters. The third-order valence-electron chi connectivity index (χ3n) is 3.67. The van der Waals surface area contributed by atoms with Gasteiger partial charge < -0.3 is 10.6 Å². The lowest BCUT2D eigenvalue weighted by Gasteiger charge is -2.39. The summed E-state index contributed by atoms with van der Waals surface area (Å²) in [6.07, 6.45) is 0.906. The van der Waals surface area contributed by atoms with Crippen LogP contribution in [0.3, 0.4) is 0 Å². The topological polar surface area (TPSA) is 29.3 Å². The summed E-state index contributed by atoms with van der Waals surface area (Å²) in [5.74, 6) is -0.199. The average Bonchev–Trinajstić information content (AvgIpc) is 2.46. The minimum atomic E-state index is -0.199. The third-order valence-corrected chi connectivity index (χ3v) is 5.27. The fourth-order valence-electron chi connectivity index (χ4n) is 2.64. The molecule has 2 aromatic rings. The van der Waals surface area contributed by atoms with E-state index in [0.717, 1.165) is 18.5 Å². The summed E-state index contributed by atoms with van der Waals surface area (Å²) in [6.45, 7) is 0.749. The Kier molecular flexibility index (Phi) is 3.94. The van der Waals surface area contributed by atoms with E-state index in [1.54, 1.807) is 0 Å². The number of benzene rings is 2. The molecule has 0 amide bonds. The number of nitrogens with zero attached hydrogens (tertiary/aromatic N) is 1. The van der Waals surface area contributed by atoms with Gasteiger partial charge in [0.05, 0.1) is 4.05 Å². The Bertz CT molecular complexity index is 600. The maximum atomic E-state index is 13.0. The molecule has 0 aliphatic carbocycles. The fraction of sp³-hybridized carbons (Fsp3) is 0.250. The van der Waals surface area contributed by atoms with Gasteiger partial charge in [0.1, 0.15) is 5.82 Å². The molecule has 0 saturated heterocycles. The van der Waals surface area contributed by atoms with Crippen molar-refractivity contribution in [2.75, 3.05) is 4.90 Å². The molecule has 1 aliphatic rings. The maximum Gasteiger partial charge on any atom is 0.123 e. The Morgan fingerprint density at radius 1 is 1.15 bits per heavy atom. The smallest absolute Gasteiger partial charge is 0.123 e. The number of halogens is 2. The molecule has 0 bridgehead atoms. The number of nitrogens with two attached hydrogens (primary N) is 1. The summed E-state index contributed by atoms with van der Waals surface area (Å²) in [6, 6.07) is 15.2. The minimum Gasteiger partial charge on any atom is -0.353 e. The molecule has 2 aromatic carbocycles. The predicted octanol–water partition coefficient (Wildman–Crippen LogP) is 3.48. The molecule has 2 N–H and O–H groups in total. The highest BCUT2D eigenvalue weighted by Crippen LogP contribution is 2.33. The molecular weight excluding hydrogens is 366 g/mol. The van der Waals surface area contributed by atoms with Crippen molar-refractivity contribution in [1.29, 1.82) is 0 Å². The third kappa shape index (κ3) is 2.67. The second-order valence-electron chi connectivity index (χ2n) is 5.12. The van der Waals surface area contributed by atoms with Crippen LogP contribution >= 0.6 is 22.6 Å². The Labute approximate surface area is 131 Å². The summed E-state index contributed by atoms with van der Waals surface area (Å²) in [4.78, 5) is 2.30. The van der Waals surface area contributed by atoms with E-state index in [-0.39, 0.29) is 15.9 Å². The SMILES string of the molecule is NC1Cc2ccccc2N(Cc2ccc(F)cc2)C1I. The number of alkyl halides is 1. The zero-order valence-corrected chi connectivity index (χ0v) is 13.1. The number of anilines is 1. The lowest BCUT2D eigenvalue weighted by molar-refractivity contribution is 0.580. The van der Waals surface area contributed by atoms with Crippen molar-refractivity contribution in [3.05, 3.63) is 65.5 Å². The number of para-hydroxylation sites is 1. The molecule has 104 valence electrons. The van der Waals surface area contributed by atoms with Crippen LogP contribution in [0.5, 0.6) is 0 Å². The largest absolute Gasteiger partial charge is 0.353 e. The number of hydrogen-bond donors (Lipinski definition) is 1. The van der Waals surface area contributed by atoms with Crippen LogP contribution < -0.4 is 10.6 Å². The van der Waals surface area contributed by atoms with Gasteiger partial charge in [0.25, 0.3) is 0 Å². The minimum absolute atomic E-state index is 0.117. The Morgan fingerprint density at radius 3 is 2.60 bits per heavy atom. The molecule has 1 aliphatic heterocycles. The normalized spacial score (nSPS) is 21.6. The van der Waals surface area contributed by atoms with E-state index in [2.05, 4.69) is 51.8 Å². The van der Waals surface area contributed by atoms with Gasteiger partial charge in [-0.3, -0.25) is 0 Å². The lowest BCUT2D eigenvalue weighted by Crippen LogP contribution is -2.48. The number of fused-ring (bicyclic) bond motifs is 1. The molecule has 2 atom stereocenters. The van der Waals surface area contributed by atoms with Gasteiger partial charge in [-0.1, -0.05) is 52.9 Å². The van der Waals surface area contributed by atoms with E-state index in [1.165, 1.54) is 23.4 Å². The van der Waals surface area contributed by atoms with E-state index in [4.69, 9.17) is 5.73 Å². The summed E-state index contributed by atoms with van der Waals surface area (Å²) < 4.78 is 13.3. The molecule has 1 heterocycles. The molecular formula is C16H16FIN2. The van der Waals surface area contributed by atoms with Crippen molar-refractivity contribution < 1.29 is 4.39 Å². The highest BCUT2D eigenvalue weighted by molar-refractivity contribution is 14.1. The van der Waals surface area contributed by atoms with Crippen LogP contribution in [-0.4, -0.2) is 10.1 Å². The monoisotopic (exact) mass is 382 g/mol. The highest BCUT2D eigenvalue weighted by atomic mass is 127. The average molecular weight is 382 g/mol. The second kappa shape index (κ2) is 5.69. The number of rotatable bonds is 2. The summed E-state index contributed by atoms with van der Waals surface area (Å²) in [7, 11) is 0. The van der Waals surface area contributed by atoms with Crippen LogP contribution in [0.2, 0.25) is 0 Å². The first kappa shape index (κ1) is 13.8. The molecule has 0 radical (unpaired) electrons. The van der Waals surface area contributed by atoms with Crippen LogP contribution in [0.1, 0.15) is 11.1 Å². The van der Waals surface area contributed by atoms with Gasteiger partial charge in [-0.25, -0.2) is 4.39 Å². The number of hydrogen-bond acceptors (Lipinski definition) is 2. The Balaban J connectivity index is 1.92. The molecule has 0 spiro atoms. The van der Waals surface area contributed by atoms with Crippen molar-refractivity contribution in [3.63, 3.8) is 0 Å². The van der Waals surface area contributed by atoms with Gasteiger partial charge in [0, 0.05) is 18.3 Å². The molecule has 0 aromatic heterocycles. The molecule has 0 saturated carbocycles. The Morgan fingerprint density at radius 2 is 1.85 bits per heavy atom. The van der Waals surface area contributed by atoms with E-state index < -0.39 is 0 Å². The van der Waals surface area contributed by atoms with Gasteiger partial charge >= 0.3 is 0 Å². The molecule has 3 rings (SSSR count). The van der Waals surface area contributed by atoms with Gasteiger partial charge in [0.15, 0.2) is 0 Å². The van der Waals surface area contributed by atoms with Crippen LogP contribution in [0, 0.1) is 5.82 Å². The standard InChI is InChI=1S/C16H16FIN2/c17-13-7-5-11(6-8-13)10-20-15-4-2-1-3-12(15)9-14(19)16(20)18/h1-8,14,16H,9-10,19H2. The quantitative estimate of drug-likeness (QED) is 0.490. The van der Waals surface area contributed by atoms with Crippen molar-refractivity contribution in [2.24, 2.45) is 5.73 Å². The van der Waals surface area contributed by atoms with Gasteiger partial charge in [-0.15, -0.1) is 0 Å². The van der Waals surface area contributed by atoms with Gasteiger partial charge in [0.2, 0.25) is 0 Å². The summed E-state index contributed by atoms with van der Waals surface area (Å²) >= 11 is 2.40. The van der Waals surface area contributed by atoms with Crippen molar-refractivity contribution in [3.8, 4) is 0 Å². The predicted molar refractivity (Wildman–Crippen MR) is 88.5 cm³/mol. The highest BCUT2D eigenvalue weighted by Gasteiger charge is 2.29. The molecule has 2 nitrogen and oxygen atoms in total.